The molecule has 1 heterocycles. The van der Waals surface area contributed by atoms with Crippen molar-refractivity contribution in [2.75, 3.05) is 11.1 Å². The molecule has 1 aromatic heterocycles. The van der Waals surface area contributed by atoms with Gasteiger partial charge < -0.3 is 9.73 Å². The standard InChI is InChI=1S/C23H16ClFN2O2S/c24-18-13-17(25)11-12-19(18)26-20(28)14-30-23-27-21(15-7-3-1-4-8-15)22(29-23)16-9-5-2-6-10-16/h1-13H,14H2,(H,26,28). The monoisotopic (exact) mass is 438 g/mol. The number of oxazole rings is 1. The maximum Gasteiger partial charge on any atom is 0.257 e. The molecule has 3 aromatic carbocycles. The van der Waals surface area contributed by atoms with Crippen LogP contribution in [0.4, 0.5) is 10.1 Å². The van der Waals surface area contributed by atoms with Crippen LogP contribution in [0.1, 0.15) is 0 Å². The zero-order valence-corrected chi connectivity index (χ0v) is 17.2. The van der Waals surface area contributed by atoms with E-state index < -0.39 is 5.82 Å². The predicted octanol–water partition coefficient (Wildman–Crippen LogP) is 6.53. The van der Waals surface area contributed by atoms with Gasteiger partial charge in [0.1, 0.15) is 11.5 Å². The largest absolute Gasteiger partial charge is 0.431 e. The third-order valence-corrected chi connectivity index (χ3v) is 5.36. The van der Waals surface area contributed by atoms with Crippen LogP contribution in [0.25, 0.3) is 22.6 Å². The molecule has 0 radical (unpaired) electrons. The number of aromatic nitrogens is 1. The first-order valence-electron chi connectivity index (χ1n) is 9.09. The van der Waals surface area contributed by atoms with Crippen LogP contribution in [0.5, 0.6) is 0 Å². The molecule has 1 N–H and O–H groups in total. The maximum atomic E-state index is 13.2. The van der Waals surface area contributed by atoms with Gasteiger partial charge >= 0.3 is 0 Å². The lowest BCUT2D eigenvalue weighted by molar-refractivity contribution is -0.113. The number of amides is 1. The highest BCUT2D eigenvalue weighted by Crippen LogP contribution is 2.35. The van der Waals surface area contributed by atoms with Crippen molar-refractivity contribution in [1.29, 1.82) is 0 Å². The van der Waals surface area contributed by atoms with Gasteiger partial charge in [-0.1, -0.05) is 84.0 Å². The van der Waals surface area contributed by atoms with E-state index in [0.717, 1.165) is 17.2 Å². The number of halogens is 2. The van der Waals surface area contributed by atoms with Gasteiger partial charge in [-0.3, -0.25) is 4.79 Å². The first-order valence-corrected chi connectivity index (χ1v) is 10.5. The molecule has 1 amide bonds. The molecule has 4 aromatic rings. The highest BCUT2D eigenvalue weighted by atomic mass is 35.5. The van der Waals surface area contributed by atoms with E-state index in [1.165, 1.54) is 23.9 Å². The van der Waals surface area contributed by atoms with Crippen LogP contribution in [0.3, 0.4) is 0 Å². The molecule has 0 unspecified atom stereocenters. The summed E-state index contributed by atoms with van der Waals surface area (Å²) < 4.78 is 19.1. The van der Waals surface area contributed by atoms with Gasteiger partial charge in [0, 0.05) is 11.1 Å². The van der Waals surface area contributed by atoms with Crippen molar-refractivity contribution in [3.05, 3.63) is 89.7 Å². The van der Waals surface area contributed by atoms with Crippen LogP contribution < -0.4 is 5.32 Å². The second kappa shape index (κ2) is 9.15. The molecule has 0 bridgehead atoms. The molecule has 0 aliphatic heterocycles. The fraction of sp³-hybridized carbons (Fsp3) is 0.0435. The van der Waals surface area contributed by atoms with Crippen molar-refractivity contribution < 1.29 is 13.6 Å². The molecule has 0 aliphatic carbocycles. The molecule has 7 heteroatoms. The molecular formula is C23H16ClFN2O2S. The lowest BCUT2D eigenvalue weighted by Gasteiger charge is -2.06. The number of carbonyl (C=O) groups is 1. The topological polar surface area (TPSA) is 55.1 Å². The Morgan fingerprint density at radius 1 is 1.00 bits per heavy atom. The van der Waals surface area contributed by atoms with Crippen molar-refractivity contribution in [3.8, 4) is 22.6 Å². The van der Waals surface area contributed by atoms with E-state index in [2.05, 4.69) is 10.3 Å². The second-order valence-corrected chi connectivity index (χ2v) is 7.68. The van der Waals surface area contributed by atoms with E-state index in [0.29, 0.717) is 22.4 Å². The number of nitrogens with zero attached hydrogens (tertiary/aromatic N) is 1. The van der Waals surface area contributed by atoms with E-state index in [1.807, 2.05) is 60.7 Å². The summed E-state index contributed by atoms with van der Waals surface area (Å²) in [5.41, 5.74) is 2.89. The van der Waals surface area contributed by atoms with E-state index in [1.54, 1.807) is 0 Å². The maximum absolute atomic E-state index is 13.2. The van der Waals surface area contributed by atoms with Crippen LogP contribution in [0.2, 0.25) is 5.02 Å². The minimum Gasteiger partial charge on any atom is -0.431 e. The molecule has 4 rings (SSSR count). The second-order valence-electron chi connectivity index (χ2n) is 6.35. The molecule has 0 aliphatic rings. The zero-order valence-electron chi connectivity index (χ0n) is 15.6. The summed E-state index contributed by atoms with van der Waals surface area (Å²) >= 11 is 7.13. The van der Waals surface area contributed by atoms with Gasteiger partial charge in [-0.15, -0.1) is 0 Å². The number of rotatable bonds is 6. The number of anilines is 1. The third-order valence-electron chi connectivity index (χ3n) is 4.22. The summed E-state index contributed by atoms with van der Waals surface area (Å²) in [5, 5.41) is 3.19. The fourth-order valence-electron chi connectivity index (χ4n) is 2.84. The molecular weight excluding hydrogens is 423 g/mol. The van der Waals surface area contributed by atoms with Crippen LogP contribution >= 0.6 is 23.4 Å². The van der Waals surface area contributed by atoms with Crippen LogP contribution in [0, 0.1) is 5.82 Å². The smallest absolute Gasteiger partial charge is 0.257 e. The average Bonchev–Trinajstić information content (AvgIpc) is 3.20. The Morgan fingerprint density at radius 2 is 1.67 bits per heavy atom. The van der Waals surface area contributed by atoms with Crippen molar-refractivity contribution in [2.45, 2.75) is 5.22 Å². The normalized spacial score (nSPS) is 10.7. The summed E-state index contributed by atoms with van der Waals surface area (Å²) in [7, 11) is 0. The molecule has 0 atom stereocenters. The van der Waals surface area contributed by atoms with Crippen LogP contribution in [-0.2, 0) is 4.79 Å². The van der Waals surface area contributed by atoms with E-state index in [9.17, 15) is 9.18 Å². The van der Waals surface area contributed by atoms with Crippen molar-refractivity contribution >= 4 is 35.0 Å². The van der Waals surface area contributed by atoms with Gasteiger partial charge in [0.15, 0.2) is 5.76 Å². The number of hydrogen-bond donors (Lipinski definition) is 1. The van der Waals surface area contributed by atoms with Crippen molar-refractivity contribution in [1.82, 2.24) is 4.98 Å². The number of nitrogens with one attached hydrogen (secondary N) is 1. The molecule has 0 saturated heterocycles. The molecule has 0 spiro atoms. The molecule has 30 heavy (non-hydrogen) atoms. The lowest BCUT2D eigenvalue weighted by Crippen LogP contribution is -2.14. The molecule has 0 saturated carbocycles. The number of thioether (sulfide) groups is 1. The third kappa shape index (κ3) is 4.72. The van der Waals surface area contributed by atoms with Gasteiger partial charge in [0.25, 0.3) is 5.22 Å². The minimum atomic E-state index is -0.464. The first-order chi connectivity index (χ1) is 14.6. The van der Waals surface area contributed by atoms with Crippen molar-refractivity contribution in [2.24, 2.45) is 0 Å². The predicted molar refractivity (Wildman–Crippen MR) is 118 cm³/mol. The van der Waals surface area contributed by atoms with Gasteiger partial charge in [-0.25, -0.2) is 9.37 Å². The van der Waals surface area contributed by atoms with Gasteiger partial charge in [-0.05, 0) is 18.2 Å². The quantitative estimate of drug-likeness (QED) is 0.347. The van der Waals surface area contributed by atoms with Crippen LogP contribution in [-0.4, -0.2) is 16.6 Å². The number of carbonyl (C=O) groups excluding carboxylic acids is 1. The lowest BCUT2D eigenvalue weighted by atomic mass is 10.1. The Bertz CT molecular complexity index is 1110. The van der Waals surface area contributed by atoms with Crippen LogP contribution in [0.15, 0.2) is 88.5 Å². The van der Waals surface area contributed by atoms with E-state index >= 15 is 0 Å². The van der Waals surface area contributed by atoms with Gasteiger partial charge in [0.2, 0.25) is 5.91 Å². The highest BCUT2D eigenvalue weighted by Gasteiger charge is 2.18. The Labute approximate surface area is 182 Å². The van der Waals surface area contributed by atoms with E-state index in [-0.39, 0.29) is 16.7 Å². The fourth-order valence-corrected chi connectivity index (χ4v) is 3.68. The molecule has 4 nitrogen and oxygen atoms in total. The van der Waals surface area contributed by atoms with E-state index in [4.69, 9.17) is 16.0 Å². The Morgan fingerprint density at radius 3 is 2.33 bits per heavy atom. The minimum absolute atomic E-state index is 0.0661. The highest BCUT2D eigenvalue weighted by molar-refractivity contribution is 7.99. The summed E-state index contributed by atoms with van der Waals surface area (Å²) in [6, 6.07) is 23.2. The SMILES string of the molecule is O=C(CSc1nc(-c2ccccc2)c(-c2ccccc2)o1)Nc1ccc(F)cc1Cl. The number of hydrogen-bond acceptors (Lipinski definition) is 4. The Balaban J connectivity index is 1.53. The summed E-state index contributed by atoms with van der Waals surface area (Å²) in [4.78, 5) is 16.9. The zero-order chi connectivity index (χ0) is 20.9. The van der Waals surface area contributed by atoms with Crippen molar-refractivity contribution in [3.63, 3.8) is 0 Å². The summed E-state index contributed by atoms with van der Waals surface area (Å²) in [5.74, 6) is -0.0500. The number of benzene rings is 3. The Hall–Kier alpha value is -3.09. The average molecular weight is 439 g/mol. The van der Waals surface area contributed by atoms with Gasteiger partial charge in [-0.2, -0.15) is 0 Å². The molecule has 0 fully saturated rings. The summed E-state index contributed by atoms with van der Waals surface area (Å²) in [6.07, 6.45) is 0. The first kappa shape index (κ1) is 20.2. The molecule has 150 valence electrons. The summed E-state index contributed by atoms with van der Waals surface area (Å²) in [6.45, 7) is 0. The Kier molecular flexibility index (Phi) is 6.16. The van der Waals surface area contributed by atoms with Gasteiger partial charge in [0.05, 0.1) is 16.5 Å².